The van der Waals surface area contributed by atoms with E-state index in [0.717, 1.165) is 30.9 Å². The topological polar surface area (TPSA) is 630 Å². The summed E-state index contributed by atoms with van der Waals surface area (Å²) in [6.07, 6.45) is -3.98. The molecule has 0 bridgehead atoms. The summed E-state index contributed by atoms with van der Waals surface area (Å²) in [6, 6.07) is 30.5. The van der Waals surface area contributed by atoms with E-state index in [2.05, 4.69) is 128 Å². The van der Waals surface area contributed by atoms with Crippen molar-refractivity contribution in [3.8, 4) is 11.8 Å². The maximum absolute atomic E-state index is 12.3. The minimum atomic E-state index is -5.71. The van der Waals surface area contributed by atoms with Crippen LogP contribution in [0.1, 0.15) is 45.4 Å². The van der Waals surface area contributed by atoms with E-state index in [-0.39, 0.29) is 86.7 Å². The van der Waals surface area contributed by atoms with Crippen LogP contribution < -0.4 is 32.7 Å². The minimum absolute atomic E-state index is 0. The third-order valence-corrected chi connectivity index (χ3v) is 25.5. The second kappa shape index (κ2) is 44.3. The fraction of sp³-hybridized carbons (Fsp3) is 0.443. The van der Waals surface area contributed by atoms with Crippen LogP contribution in [-0.2, 0) is 90.2 Å². The van der Waals surface area contributed by atoms with Gasteiger partial charge >= 0.3 is 29.5 Å². The van der Waals surface area contributed by atoms with Gasteiger partial charge in [0.25, 0.3) is 0 Å². The van der Waals surface area contributed by atoms with Crippen LogP contribution in [0, 0.1) is 17.8 Å². The Morgan fingerprint density at radius 2 is 0.965 bits per heavy atom. The molecule has 4 fully saturated rings. The molecule has 115 heavy (non-hydrogen) atoms. The number of ketones is 1. The SMILES string of the molecule is C=C=O.CC(=O)CC#CC1=CN(C2OC(CO)C(O)C2O)C(=O)CC1N.NC1CC(=O)N(C2OC(CO)C(O)C2O)C=C1I.O.O=C1CC2CC=CC2=CN1C1OC(CO)C(O)C1O.O=C1NC2CC=CC2=CN1C1OC(COP(=O)(O)OP(=O)(O)OP(=O)(O)O)C(O)C1O.[Pd].c1ccc(P(c2ccccc2)c2ccccc2)cc1. The standard InChI is InChI=1S/C18H15P.C15H20N2O6.C13H17NO5.C12H19N2O14P3.C10H15IN2O5.C2H2O.H2O.Pd/c1-4-10-16(11-5-1)19(17-12-6-2-7-13-17)18-14-8-3-9-15-18;1-8(19)3-2-4-9-6-17(12(20)5-10(9)16)15-14(22)13(21)11(7-18)23-15;15-6-9-11(17)12(18)13(19-9)14-5-8-3-1-2-7(8)4-10(14)16;15-9-8(5-25-30(21,22)28-31(23,24)27-29(18,19)20)26-11(10(9)16)14-4-6-2-1-3-7(6)13-12(14)17;11-4-2-13(7(15)1-5(4)12)10-9(17)8(16)6(3-14)18-10;1-2-3;;/h1-15H;6,10-11,13-15,18,21-22H,3,5,7,16H2,1H3;1,3,5,7,9,11-13,15,17-18H,2,4,6H2;1-2,4,7-11,15-16H,3,5H2,(H,13,17)(H,21,22)(H,23,24)(H2,18,19,20);2,5-6,8-10,14,16-17H,1,3,12H2;1H2;1H2;. The summed E-state index contributed by atoms with van der Waals surface area (Å²) in [5.41, 5.74) is 13.8. The third-order valence-electron chi connectivity index (χ3n) is 18.2. The van der Waals surface area contributed by atoms with E-state index in [4.69, 9.17) is 65.2 Å². The van der Waals surface area contributed by atoms with E-state index in [1.807, 2.05) is 40.8 Å². The number of amides is 5. The maximum Gasteiger partial charge on any atom is 0.490 e. The first kappa shape index (κ1) is 97.8. The second-order valence-corrected chi connectivity index (χ2v) is 34.1. The summed E-state index contributed by atoms with van der Waals surface area (Å²) in [6.45, 7) is 1.82. The number of halogens is 1. The quantitative estimate of drug-likeness (QED) is 0.0197. The van der Waals surface area contributed by atoms with Crippen molar-refractivity contribution < 1.29 is 176 Å². The van der Waals surface area contributed by atoms with Crippen LogP contribution in [0.3, 0.4) is 0 Å². The van der Waals surface area contributed by atoms with Gasteiger partial charge in [0, 0.05) is 85.7 Å². The molecule has 10 aliphatic rings. The fourth-order valence-corrected chi connectivity index (χ4v) is 18.4. The molecule has 4 saturated heterocycles. The first-order chi connectivity index (χ1) is 53.4. The Hall–Kier alpha value is -6.03. The van der Waals surface area contributed by atoms with Gasteiger partial charge in [-0.1, -0.05) is 127 Å². The average molecular weight is 1900 g/mol. The number of benzene rings is 3. The number of urea groups is 1. The number of allylic oxidation sites excluding steroid dienone is 3. The Kier molecular flexibility index (Phi) is 37.7. The summed E-state index contributed by atoms with van der Waals surface area (Å²) in [7, 11) is -17.1. The molecule has 8 heterocycles. The molecule has 3 aromatic carbocycles. The zero-order valence-electron chi connectivity index (χ0n) is 60.8. The molecule has 0 radical (unpaired) electrons. The van der Waals surface area contributed by atoms with Crippen LogP contribution in [0.4, 0.5) is 4.79 Å². The number of carbonyl (C=O) groups is 5. The molecule has 5 amide bonds. The van der Waals surface area contributed by atoms with Crippen molar-refractivity contribution in [1.82, 2.24) is 24.9 Å². The van der Waals surface area contributed by atoms with E-state index in [9.17, 15) is 83.4 Å². The molecule has 22 unspecified atom stereocenters. The number of aliphatic hydroxyl groups excluding tert-OH is 11. The van der Waals surface area contributed by atoms with Crippen molar-refractivity contribution in [2.75, 3.05) is 26.4 Å². The van der Waals surface area contributed by atoms with E-state index in [1.165, 1.54) is 57.2 Å². The number of hydrogen-bond acceptors (Lipinski definition) is 29. The smallest absolute Gasteiger partial charge is 0.412 e. The van der Waals surface area contributed by atoms with Crippen LogP contribution >= 0.6 is 54.0 Å². The fourth-order valence-electron chi connectivity index (χ4n) is 12.6. The molecule has 2 aliphatic carbocycles. The summed E-state index contributed by atoms with van der Waals surface area (Å²) in [5.74, 6) is 6.01. The van der Waals surface area contributed by atoms with Gasteiger partial charge < -0.3 is 117 Å². The summed E-state index contributed by atoms with van der Waals surface area (Å²) in [4.78, 5) is 108. The van der Waals surface area contributed by atoms with Crippen LogP contribution in [-0.4, -0.2) is 279 Å². The number of rotatable bonds is 18. The Balaban J connectivity index is 0.000000224. The first-order valence-electron chi connectivity index (χ1n) is 34.6. The molecule has 3 aromatic rings. The predicted molar refractivity (Wildman–Crippen MR) is 409 cm³/mol. The molecule has 22 atom stereocenters. The van der Waals surface area contributed by atoms with Gasteiger partial charge in [-0.05, 0) is 89.8 Å². The van der Waals surface area contributed by atoms with Crippen LogP contribution in [0.5, 0.6) is 0 Å². The number of fused-ring (bicyclic) bond motifs is 2. The van der Waals surface area contributed by atoms with Gasteiger partial charge in [0.15, 0.2) is 24.9 Å². The average Bonchev–Trinajstić information content (AvgIpc) is 1.66. The van der Waals surface area contributed by atoms with Gasteiger partial charge in [0.1, 0.15) is 85.0 Å². The molecular formula is C70H90IN7O32P4Pd. The first-order valence-corrected chi connectivity index (χ1v) is 41.5. The number of Topliss-reactive ketones (excluding diaryl/α,β-unsaturated/α-hetero) is 1. The number of aliphatic hydroxyl groups is 11. The summed E-state index contributed by atoms with van der Waals surface area (Å²) < 4.78 is 67.3. The number of phosphoric acid groups is 3. The number of nitrogens with two attached hydrogens (primary N) is 2. The van der Waals surface area contributed by atoms with E-state index < -0.39 is 168 Å². The molecule has 634 valence electrons. The second-order valence-electron chi connectivity index (χ2n) is 26.3. The van der Waals surface area contributed by atoms with Gasteiger partial charge in [-0.25, -0.2) is 23.3 Å². The van der Waals surface area contributed by atoms with E-state index in [0.29, 0.717) is 18.4 Å². The molecule has 45 heteroatoms. The van der Waals surface area contributed by atoms with Crippen LogP contribution in [0.15, 0.2) is 167 Å². The number of hydrogen-bond donors (Lipinski definition) is 18. The van der Waals surface area contributed by atoms with Crippen molar-refractivity contribution >= 4 is 105 Å². The van der Waals surface area contributed by atoms with Crippen molar-refractivity contribution in [1.29, 1.82) is 0 Å². The normalized spacial score (nSPS) is 31.3. The number of ether oxygens (including phenoxy) is 4. The van der Waals surface area contributed by atoms with Crippen molar-refractivity contribution in [3.05, 3.63) is 167 Å². The van der Waals surface area contributed by atoms with Crippen LogP contribution in [0.2, 0.25) is 0 Å². The molecule has 13 rings (SSSR count). The van der Waals surface area contributed by atoms with Gasteiger partial charge in [0.2, 0.25) is 17.7 Å². The van der Waals surface area contributed by atoms with E-state index >= 15 is 0 Å². The van der Waals surface area contributed by atoms with Crippen LogP contribution in [0.25, 0.3) is 0 Å². The largest absolute Gasteiger partial charge is 0.490 e. The molecule has 39 nitrogen and oxygen atoms in total. The van der Waals surface area contributed by atoms with Crippen molar-refractivity contribution in [3.63, 3.8) is 0 Å². The predicted octanol–water partition coefficient (Wildman–Crippen LogP) is -3.13. The van der Waals surface area contributed by atoms with Gasteiger partial charge in [-0.3, -0.25) is 43.3 Å². The van der Waals surface area contributed by atoms with Gasteiger partial charge in [-0.15, -0.1) is 0 Å². The van der Waals surface area contributed by atoms with Crippen molar-refractivity contribution in [2.24, 2.45) is 17.4 Å². The number of nitrogens with one attached hydrogen (secondary N) is 1. The monoisotopic (exact) mass is 1900 g/mol. The zero-order chi connectivity index (χ0) is 83.0. The molecule has 22 N–H and O–H groups in total. The number of carbonyl (C=O) groups excluding carboxylic acids is 6. The molecular weight excluding hydrogens is 1810 g/mol. The minimum Gasteiger partial charge on any atom is -0.412 e. The van der Waals surface area contributed by atoms with Gasteiger partial charge in [-0.2, -0.15) is 8.62 Å². The molecule has 0 spiro atoms. The Labute approximate surface area is 686 Å². The number of nitrogens with zero attached hydrogens (tertiary/aromatic N) is 4. The number of phosphoric ester groups is 1. The van der Waals surface area contributed by atoms with E-state index in [1.54, 1.807) is 12.3 Å². The zero-order valence-corrected chi connectivity index (χ0v) is 68.1. The Morgan fingerprint density at radius 1 is 0.574 bits per heavy atom. The molecule has 0 saturated carbocycles. The maximum atomic E-state index is 12.3. The van der Waals surface area contributed by atoms with Crippen molar-refractivity contribution in [2.45, 2.75) is 162 Å². The summed E-state index contributed by atoms with van der Waals surface area (Å²) in [5, 5.41) is 113. The Morgan fingerprint density at radius 3 is 1.41 bits per heavy atom. The Bertz CT molecular complexity index is 4180. The molecule has 0 aromatic heterocycles. The summed E-state index contributed by atoms with van der Waals surface area (Å²) >= 11 is 2.01. The third kappa shape index (κ3) is 26.0. The van der Waals surface area contributed by atoms with Gasteiger partial charge in [0.05, 0.1) is 38.9 Å². The molecule has 8 aliphatic heterocycles.